The van der Waals surface area contributed by atoms with Crippen LogP contribution in [0.15, 0.2) is 35.2 Å². The molecule has 2 rings (SSSR count). The molecule has 0 aliphatic heterocycles. The third-order valence-corrected chi connectivity index (χ3v) is 5.36. The molecular formula is C15H15Cl2NO2S. The number of halogens is 2. The number of anilines is 1. The van der Waals surface area contributed by atoms with Gasteiger partial charge in [0.25, 0.3) is 10.0 Å². The molecule has 0 atom stereocenters. The zero-order valence-corrected chi connectivity index (χ0v) is 14.2. The van der Waals surface area contributed by atoms with Crippen molar-refractivity contribution in [2.24, 2.45) is 0 Å². The highest BCUT2D eigenvalue weighted by Crippen LogP contribution is 2.29. The van der Waals surface area contributed by atoms with Crippen LogP contribution in [-0.2, 0) is 10.0 Å². The van der Waals surface area contributed by atoms with E-state index in [0.717, 1.165) is 11.1 Å². The molecule has 6 heteroatoms. The van der Waals surface area contributed by atoms with Crippen molar-refractivity contribution in [3.63, 3.8) is 0 Å². The maximum absolute atomic E-state index is 12.5. The molecule has 0 spiro atoms. The SMILES string of the molecule is Cc1ccc(NS(=O)(=O)c2cc(Cl)c(Cl)cc2C)c(C)c1. The van der Waals surface area contributed by atoms with Gasteiger partial charge in [-0.05, 0) is 50.1 Å². The Hall–Kier alpha value is -1.23. The minimum absolute atomic E-state index is 0.122. The number of nitrogens with one attached hydrogen (secondary N) is 1. The first-order valence-corrected chi connectivity index (χ1v) is 8.50. The van der Waals surface area contributed by atoms with Crippen molar-refractivity contribution in [3.8, 4) is 0 Å². The monoisotopic (exact) mass is 343 g/mol. The van der Waals surface area contributed by atoms with Crippen LogP contribution < -0.4 is 4.72 Å². The fourth-order valence-corrected chi connectivity index (χ4v) is 3.88. The summed E-state index contributed by atoms with van der Waals surface area (Å²) in [7, 11) is -3.71. The molecule has 3 nitrogen and oxygen atoms in total. The van der Waals surface area contributed by atoms with E-state index < -0.39 is 10.0 Å². The summed E-state index contributed by atoms with van der Waals surface area (Å²) < 4.78 is 27.6. The van der Waals surface area contributed by atoms with Crippen molar-refractivity contribution in [1.82, 2.24) is 0 Å². The first kappa shape index (κ1) is 16.1. The highest BCUT2D eigenvalue weighted by atomic mass is 35.5. The number of rotatable bonds is 3. The zero-order chi connectivity index (χ0) is 15.8. The van der Waals surface area contributed by atoms with Crippen molar-refractivity contribution < 1.29 is 8.42 Å². The van der Waals surface area contributed by atoms with Crippen molar-refractivity contribution >= 4 is 38.9 Å². The Labute approximate surface area is 135 Å². The molecule has 0 fully saturated rings. The van der Waals surface area contributed by atoms with Crippen LogP contribution in [0.4, 0.5) is 5.69 Å². The van der Waals surface area contributed by atoms with E-state index in [1.54, 1.807) is 19.1 Å². The second-order valence-electron chi connectivity index (χ2n) is 4.96. The molecule has 0 amide bonds. The molecule has 0 saturated heterocycles. The fourth-order valence-electron chi connectivity index (χ4n) is 2.05. The van der Waals surface area contributed by atoms with Gasteiger partial charge in [-0.15, -0.1) is 0 Å². The second kappa shape index (κ2) is 5.87. The average molecular weight is 344 g/mol. The number of sulfonamides is 1. The summed E-state index contributed by atoms with van der Waals surface area (Å²) in [5.41, 5.74) is 3.02. The van der Waals surface area contributed by atoms with Gasteiger partial charge in [-0.2, -0.15) is 0 Å². The Kier molecular flexibility index (Phi) is 4.51. The molecule has 21 heavy (non-hydrogen) atoms. The molecule has 0 aliphatic carbocycles. The summed E-state index contributed by atoms with van der Waals surface area (Å²) in [6.45, 7) is 5.49. The third-order valence-electron chi connectivity index (χ3n) is 3.13. The van der Waals surface area contributed by atoms with Gasteiger partial charge in [-0.25, -0.2) is 8.42 Å². The standard InChI is InChI=1S/C15H15Cl2NO2S/c1-9-4-5-14(10(2)6-9)18-21(19,20)15-8-13(17)12(16)7-11(15)3/h4-8,18H,1-3H3. The summed E-state index contributed by atoms with van der Waals surface area (Å²) in [6.07, 6.45) is 0. The number of hydrogen-bond donors (Lipinski definition) is 1. The van der Waals surface area contributed by atoms with Crippen molar-refractivity contribution in [2.45, 2.75) is 25.7 Å². The van der Waals surface area contributed by atoms with Gasteiger partial charge in [0, 0.05) is 0 Å². The lowest BCUT2D eigenvalue weighted by molar-refractivity contribution is 0.600. The number of hydrogen-bond acceptors (Lipinski definition) is 2. The minimum atomic E-state index is -3.71. The Morgan fingerprint density at radius 1 is 0.905 bits per heavy atom. The van der Waals surface area contributed by atoms with E-state index in [9.17, 15) is 8.42 Å². The summed E-state index contributed by atoms with van der Waals surface area (Å²) in [5.74, 6) is 0. The van der Waals surface area contributed by atoms with Crippen LogP contribution in [0.3, 0.4) is 0 Å². The molecule has 0 aliphatic rings. The van der Waals surface area contributed by atoms with Crippen molar-refractivity contribution in [3.05, 3.63) is 57.1 Å². The van der Waals surface area contributed by atoms with Gasteiger partial charge in [0.05, 0.1) is 20.6 Å². The minimum Gasteiger partial charge on any atom is -0.279 e. The van der Waals surface area contributed by atoms with Gasteiger partial charge in [-0.1, -0.05) is 40.9 Å². The van der Waals surface area contributed by atoms with Gasteiger partial charge < -0.3 is 0 Å². The summed E-state index contributed by atoms with van der Waals surface area (Å²) >= 11 is 11.8. The lowest BCUT2D eigenvalue weighted by Crippen LogP contribution is -2.15. The number of aryl methyl sites for hydroxylation is 3. The van der Waals surface area contributed by atoms with Gasteiger partial charge in [-0.3, -0.25) is 4.72 Å². The predicted octanol–water partition coefficient (Wildman–Crippen LogP) is 4.72. The predicted molar refractivity (Wildman–Crippen MR) is 87.9 cm³/mol. The summed E-state index contributed by atoms with van der Waals surface area (Å²) in [5, 5.41) is 0.544. The van der Waals surface area contributed by atoms with E-state index >= 15 is 0 Å². The first-order chi connectivity index (χ1) is 9.70. The molecule has 2 aromatic rings. The smallest absolute Gasteiger partial charge is 0.262 e. The zero-order valence-electron chi connectivity index (χ0n) is 11.9. The number of benzene rings is 2. The summed E-state index contributed by atoms with van der Waals surface area (Å²) in [4.78, 5) is 0.122. The fraction of sp³-hybridized carbons (Fsp3) is 0.200. The van der Waals surface area contributed by atoms with Crippen LogP contribution >= 0.6 is 23.2 Å². The van der Waals surface area contributed by atoms with E-state index in [1.807, 2.05) is 26.0 Å². The Balaban J connectivity index is 2.46. The average Bonchev–Trinajstić information content (AvgIpc) is 2.37. The van der Waals surface area contributed by atoms with Crippen LogP contribution in [0, 0.1) is 20.8 Å². The molecule has 0 aromatic heterocycles. The molecule has 1 N–H and O–H groups in total. The lowest BCUT2D eigenvalue weighted by atomic mass is 10.1. The van der Waals surface area contributed by atoms with E-state index in [-0.39, 0.29) is 9.92 Å². The lowest BCUT2D eigenvalue weighted by Gasteiger charge is -2.13. The highest BCUT2D eigenvalue weighted by Gasteiger charge is 2.19. The highest BCUT2D eigenvalue weighted by molar-refractivity contribution is 7.92. The van der Waals surface area contributed by atoms with E-state index in [1.165, 1.54) is 6.07 Å². The Bertz CT molecular complexity index is 802. The van der Waals surface area contributed by atoms with E-state index in [2.05, 4.69) is 4.72 Å². The molecule has 112 valence electrons. The van der Waals surface area contributed by atoms with Gasteiger partial charge in [0.2, 0.25) is 0 Å². The van der Waals surface area contributed by atoms with Crippen molar-refractivity contribution in [1.29, 1.82) is 0 Å². The normalized spacial score (nSPS) is 11.5. The Morgan fingerprint density at radius 2 is 1.52 bits per heavy atom. The van der Waals surface area contributed by atoms with E-state index in [4.69, 9.17) is 23.2 Å². The van der Waals surface area contributed by atoms with Crippen LogP contribution in [0.25, 0.3) is 0 Å². The van der Waals surface area contributed by atoms with Gasteiger partial charge in [0.15, 0.2) is 0 Å². The molecule has 0 bridgehead atoms. The maximum Gasteiger partial charge on any atom is 0.262 e. The largest absolute Gasteiger partial charge is 0.279 e. The molecule has 2 aromatic carbocycles. The van der Waals surface area contributed by atoms with Gasteiger partial charge in [0.1, 0.15) is 0 Å². The van der Waals surface area contributed by atoms with Crippen LogP contribution in [0.1, 0.15) is 16.7 Å². The van der Waals surface area contributed by atoms with Crippen LogP contribution in [0.2, 0.25) is 10.0 Å². The molecule has 0 heterocycles. The van der Waals surface area contributed by atoms with Crippen LogP contribution in [-0.4, -0.2) is 8.42 Å². The van der Waals surface area contributed by atoms with Crippen molar-refractivity contribution in [2.75, 3.05) is 4.72 Å². The molecular weight excluding hydrogens is 329 g/mol. The van der Waals surface area contributed by atoms with Crippen LogP contribution in [0.5, 0.6) is 0 Å². The Morgan fingerprint density at radius 3 is 2.14 bits per heavy atom. The first-order valence-electron chi connectivity index (χ1n) is 6.26. The summed E-state index contributed by atoms with van der Waals surface area (Å²) in [6, 6.07) is 8.42. The topological polar surface area (TPSA) is 46.2 Å². The second-order valence-corrected chi connectivity index (χ2v) is 7.42. The quantitative estimate of drug-likeness (QED) is 0.876. The molecule has 0 radical (unpaired) electrons. The molecule has 0 unspecified atom stereocenters. The van der Waals surface area contributed by atoms with E-state index in [0.29, 0.717) is 16.3 Å². The third kappa shape index (κ3) is 3.51. The van der Waals surface area contributed by atoms with Gasteiger partial charge >= 0.3 is 0 Å². The molecule has 0 saturated carbocycles. The maximum atomic E-state index is 12.5.